The van der Waals surface area contributed by atoms with Crippen LogP contribution >= 0.6 is 34.8 Å². The zero-order valence-electron chi connectivity index (χ0n) is 9.10. The van der Waals surface area contributed by atoms with Crippen LogP contribution in [0.1, 0.15) is 53.6 Å². The van der Waals surface area contributed by atoms with Gasteiger partial charge in [0.25, 0.3) is 0 Å². The topological polar surface area (TPSA) is 0 Å². The van der Waals surface area contributed by atoms with Gasteiger partial charge in [0, 0.05) is 0 Å². The molecule has 0 fully saturated rings. The monoisotopic (exact) mass is 264 g/mol. The molecular formula is C12H15Cl3. The van der Waals surface area contributed by atoms with E-state index in [0.29, 0.717) is 0 Å². The highest BCUT2D eigenvalue weighted by molar-refractivity contribution is 6.23. The summed E-state index contributed by atoms with van der Waals surface area (Å²) < 4.78 is 0. The van der Waals surface area contributed by atoms with Crippen LogP contribution in [0.2, 0.25) is 0 Å². The molecule has 0 nitrogen and oxygen atoms in total. The van der Waals surface area contributed by atoms with Crippen molar-refractivity contribution in [2.45, 2.75) is 36.9 Å². The summed E-state index contributed by atoms with van der Waals surface area (Å²) in [6.45, 7) is 5.84. The van der Waals surface area contributed by atoms with E-state index >= 15 is 0 Å². The van der Waals surface area contributed by atoms with E-state index < -0.39 is 0 Å². The van der Waals surface area contributed by atoms with E-state index in [2.05, 4.69) is 0 Å². The van der Waals surface area contributed by atoms with Gasteiger partial charge in [-0.15, -0.1) is 34.8 Å². The highest BCUT2D eigenvalue weighted by Gasteiger charge is 2.18. The molecule has 1 rings (SSSR count). The van der Waals surface area contributed by atoms with Gasteiger partial charge in [0.05, 0.1) is 16.1 Å². The van der Waals surface area contributed by atoms with Gasteiger partial charge in [-0.25, -0.2) is 0 Å². The molecule has 0 amide bonds. The highest BCUT2D eigenvalue weighted by atomic mass is 35.5. The number of alkyl halides is 3. The maximum atomic E-state index is 6.18. The quantitative estimate of drug-likeness (QED) is 0.625. The molecule has 1 aromatic carbocycles. The summed E-state index contributed by atoms with van der Waals surface area (Å²) in [6.07, 6.45) is 0. The van der Waals surface area contributed by atoms with Crippen molar-refractivity contribution in [1.29, 1.82) is 0 Å². The normalized spacial score (nSPS) is 17.2. The summed E-state index contributed by atoms with van der Waals surface area (Å²) in [4.78, 5) is 0. The highest BCUT2D eigenvalue weighted by Crippen LogP contribution is 2.37. The third-order valence-corrected chi connectivity index (χ3v) is 3.12. The van der Waals surface area contributed by atoms with Crippen LogP contribution in [0.4, 0.5) is 0 Å². The van der Waals surface area contributed by atoms with Crippen molar-refractivity contribution in [2.75, 3.05) is 0 Å². The molecule has 0 aliphatic heterocycles. The Morgan fingerprint density at radius 3 is 1.47 bits per heavy atom. The molecule has 0 heterocycles. The van der Waals surface area contributed by atoms with E-state index in [0.717, 1.165) is 16.7 Å². The standard InChI is InChI=1S/C12H15Cl3/c1-7(13)10-5-4-6-11(8(2)14)12(10)9(3)15/h4-9H,1-3H3. The molecule has 0 aromatic heterocycles. The van der Waals surface area contributed by atoms with Gasteiger partial charge in [0.1, 0.15) is 0 Å². The average molecular weight is 266 g/mol. The zero-order chi connectivity index (χ0) is 11.6. The van der Waals surface area contributed by atoms with Gasteiger partial charge in [0.15, 0.2) is 0 Å². The number of benzene rings is 1. The number of hydrogen-bond donors (Lipinski definition) is 0. The van der Waals surface area contributed by atoms with Crippen LogP contribution in [0, 0.1) is 0 Å². The first-order valence-corrected chi connectivity index (χ1v) is 6.31. The van der Waals surface area contributed by atoms with E-state index in [1.165, 1.54) is 0 Å². The number of halogens is 3. The molecular weight excluding hydrogens is 250 g/mol. The number of hydrogen-bond acceptors (Lipinski definition) is 0. The van der Waals surface area contributed by atoms with Crippen LogP contribution in [0.25, 0.3) is 0 Å². The van der Waals surface area contributed by atoms with E-state index in [4.69, 9.17) is 34.8 Å². The van der Waals surface area contributed by atoms with Crippen LogP contribution in [-0.2, 0) is 0 Å². The molecule has 0 N–H and O–H groups in total. The third kappa shape index (κ3) is 3.03. The van der Waals surface area contributed by atoms with Gasteiger partial charge in [-0.1, -0.05) is 18.2 Å². The average Bonchev–Trinajstić information content (AvgIpc) is 2.16. The van der Waals surface area contributed by atoms with E-state index in [-0.39, 0.29) is 16.1 Å². The van der Waals surface area contributed by atoms with E-state index in [9.17, 15) is 0 Å². The molecule has 0 aliphatic carbocycles. The molecule has 84 valence electrons. The molecule has 15 heavy (non-hydrogen) atoms. The van der Waals surface area contributed by atoms with Gasteiger partial charge in [0.2, 0.25) is 0 Å². The van der Waals surface area contributed by atoms with Crippen molar-refractivity contribution in [1.82, 2.24) is 0 Å². The van der Waals surface area contributed by atoms with Crippen LogP contribution in [0.15, 0.2) is 18.2 Å². The molecule has 0 aliphatic rings. The van der Waals surface area contributed by atoms with Crippen LogP contribution in [0.5, 0.6) is 0 Å². The first-order valence-electron chi connectivity index (χ1n) is 5.00. The second-order valence-electron chi connectivity index (χ2n) is 3.70. The Kier molecular flexibility index (Phi) is 4.76. The fourth-order valence-electron chi connectivity index (χ4n) is 1.75. The first kappa shape index (κ1) is 13.2. The lowest BCUT2D eigenvalue weighted by atomic mass is 9.95. The predicted molar refractivity (Wildman–Crippen MR) is 69.2 cm³/mol. The van der Waals surface area contributed by atoms with Crippen molar-refractivity contribution >= 4 is 34.8 Å². The Balaban J connectivity index is 3.35. The molecule has 0 bridgehead atoms. The SMILES string of the molecule is CC(Cl)c1cccc(C(C)Cl)c1C(C)Cl. The van der Waals surface area contributed by atoms with Crippen molar-refractivity contribution < 1.29 is 0 Å². The molecule has 1 aromatic rings. The summed E-state index contributed by atoms with van der Waals surface area (Å²) in [5, 5.41) is -0.160. The largest absolute Gasteiger partial charge is 0.118 e. The maximum absolute atomic E-state index is 6.18. The summed E-state index contributed by atoms with van der Waals surface area (Å²) in [7, 11) is 0. The van der Waals surface area contributed by atoms with Crippen molar-refractivity contribution in [3.8, 4) is 0 Å². The Morgan fingerprint density at radius 2 is 1.20 bits per heavy atom. The molecule has 0 saturated heterocycles. The molecule has 0 spiro atoms. The molecule has 3 atom stereocenters. The van der Waals surface area contributed by atoms with Gasteiger partial charge in [-0.3, -0.25) is 0 Å². The lowest BCUT2D eigenvalue weighted by molar-refractivity contribution is 0.932. The fourth-order valence-corrected chi connectivity index (χ4v) is 2.39. The van der Waals surface area contributed by atoms with E-state index in [1.54, 1.807) is 0 Å². The lowest BCUT2D eigenvalue weighted by Crippen LogP contribution is -2.02. The van der Waals surface area contributed by atoms with E-state index in [1.807, 2.05) is 39.0 Å². The van der Waals surface area contributed by atoms with Crippen molar-refractivity contribution in [3.63, 3.8) is 0 Å². The minimum atomic E-state index is -0.0707. The Hall–Kier alpha value is 0.0900. The van der Waals surface area contributed by atoms with Crippen LogP contribution in [0.3, 0.4) is 0 Å². The zero-order valence-corrected chi connectivity index (χ0v) is 11.4. The molecule has 3 heteroatoms. The predicted octanol–water partition coefficient (Wildman–Crippen LogP) is 5.59. The van der Waals surface area contributed by atoms with Crippen molar-refractivity contribution in [2.24, 2.45) is 0 Å². The van der Waals surface area contributed by atoms with Crippen molar-refractivity contribution in [3.05, 3.63) is 34.9 Å². The van der Waals surface area contributed by atoms with Gasteiger partial charge in [-0.05, 0) is 37.5 Å². The van der Waals surface area contributed by atoms with Gasteiger partial charge < -0.3 is 0 Å². The summed E-state index contributed by atoms with van der Waals surface area (Å²) in [6, 6.07) is 5.99. The molecule has 3 unspecified atom stereocenters. The summed E-state index contributed by atoms with van der Waals surface area (Å²) >= 11 is 18.4. The Bertz CT molecular complexity index is 303. The van der Waals surface area contributed by atoms with Gasteiger partial charge in [-0.2, -0.15) is 0 Å². The smallest absolute Gasteiger partial charge is 0.0563 e. The second kappa shape index (κ2) is 5.43. The lowest BCUT2D eigenvalue weighted by Gasteiger charge is -2.19. The summed E-state index contributed by atoms with van der Waals surface area (Å²) in [5.74, 6) is 0. The second-order valence-corrected chi connectivity index (χ2v) is 5.66. The van der Waals surface area contributed by atoms with Gasteiger partial charge >= 0.3 is 0 Å². The van der Waals surface area contributed by atoms with Crippen LogP contribution < -0.4 is 0 Å². The maximum Gasteiger partial charge on any atom is 0.0563 e. The molecule has 0 saturated carbocycles. The first-order chi connectivity index (χ1) is 6.95. The molecule has 0 radical (unpaired) electrons. The Morgan fingerprint density at radius 1 is 0.800 bits per heavy atom. The summed E-state index contributed by atoms with van der Waals surface area (Å²) in [5.41, 5.74) is 3.22. The fraction of sp³-hybridized carbons (Fsp3) is 0.500. The minimum absolute atomic E-state index is 0.0448. The van der Waals surface area contributed by atoms with Crippen LogP contribution in [-0.4, -0.2) is 0 Å². The number of rotatable bonds is 3. The minimum Gasteiger partial charge on any atom is -0.118 e. The third-order valence-electron chi connectivity index (χ3n) is 2.43. The Labute approximate surface area is 107 Å².